The molecule has 0 aliphatic heterocycles. The van der Waals surface area contributed by atoms with Crippen molar-refractivity contribution in [2.24, 2.45) is 12.0 Å². The second-order valence-electron chi connectivity index (χ2n) is 7.54. The maximum absolute atomic E-state index is 10.7. The maximum Gasteiger partial charge on any atom is 0.191 e. The first kappa shape index (κ1) is 22.7. The van der Waals surface area contributed by atoms with Crippen LogP contribution in [0.5, 0.6) is 0 Å². The zero-order valence-electron chi connectivity index (χ0n) is 17.0. The molecule has 0 amide bonds. The van der Waals surface area contributed by atoms with E-state index in [1.54, 1.807) is 17.8 Å². The Kier molecular flexibility index (Phi) is 8.30. The number of benzene rings is 1. The fourth-order valence-corrected chi connectivity index (χ4v) is 3.65. The molecule has 2 atom stereocenters. The van der Waals surface area contributed by atoms with Crippen molar-refractivity contribution in [2.45, 2.75) is 44.6 Å². The van der Waals surface area contributed by atoms with Crippen LogP contribution in [-0.2, 0) is 19.1 Å². The van der Waals surface area contributed by atoms with E-state index in [0.717, 1.165) is 24.6 Å². The molecule has 0 fully saturated rings. The lowest BCUT2D eigenvalue weighted by Crippen LogP contribution is -2.41. The Balaban J connectivity index is 0.00000280. The van der Waals surface area contributed by atoms with Gasteiger partial charge in [-0.3, -0.25) is 4.68 Å². The van der Waals surface area contributed by atoms with Gasteiger partial charge in [0.25, 0.3) is 0 Å². The highest BCUT2D eigenvalue weighted by Gasteiger charge is 2.25. The lowest BCUT2D eigenvalue weighted by Gasteiger charge is -2.26. The van der Waals surface area contributed by atoms with Crippen molar-refractivity contribution >= 4 is 29.9 Å². The van der Waals surface area contributed by atoms with E-state index >= 15 is 0 Å². The van der Waals surface area contributed by atoms with Crippen LogP contribution in [0.15, 0.2) is 41.7 Å². The number of nitrogens with one attached hydrogen (secondary N) is 2. The van der Waals surface area contributed by atoms with Gasteiger partial charge in [-0.2, -0.15) is 5.10 Å². The summed E-state index contributed by atoms with van der Waals surface area (Å²) in [7, 11) is 1.84. The average Bonchev–Trinajstić information content (AvgIpc) is 3.11. The molecule has 2 aromatic rings. The van der Waals surface area contributed by atoms with Gasteiger partial charge in [-0.25, -0.2) is 4.99 Å². The quantitative estimate of drug-likeness (QED) is 0.326. The van der Waals surface area contributed by atoms with E-state index in [-0.39, 0.29) is 30.5 Å². The third-order valence-corrected chi connectivity index (χ3v) is 5.23. The predicted molar refractivity (Wildman–Crippen MR) is 124 cm³/mol. The fourth-order valence-electron chi connectivity index (χ4n) is 3.65. The largest absolute Gasteiger partial charge is 0.383 e. The summed E-state index contributed by atoms with van der Waals surface area (Å²) in [5.41, 5.74) is 2.64. The third-order valence-electron chi connectivity index (χ3n) is 5.23. The molecule has 1 aliphatic rings. The number of halogens is 1. The Bertz CT molecular complexity index is 787. The van der Waals surface area contributed by atoms with Gasteiger partial charge in [0.05, 0.1) is 12.7 Å². The number of aliphatic hydroxyl groups is 1. The van der Waals surface area contributed by atoms with Crippen LogP contribution in [0.25, 0.3) is 0 Å². The van der Waals surface area contributed by atoms with Crippen LogP contribution in [0.2, 0.25) is 0 Å². The summed E-state index contributed by atoms with van der Waals surface area (Å²) in [5.74, 6) is 1.24. The first-order valence-corrected chi connectivity index (χ1v) is 9.81. The molecule has 1 heterocycles. The number of nitrogens with zero attached hydrogens (tertiary/aromatic N) is 3. The number of aromatic nitrogens is 2. The van der Waals surface area contributed by atoms with Gasteiger partial charge in [-0.05, 0) is 44.2 Å². The van der Waals surface area contributed by atoms with Crippen LogP contribution in [0.1, 0.15) is 49.3 Å². The van der Waals surface area contributed by atoms with Crippen molar-refractivity contribution in [1.82, 2.24) is 20.4 Å². The van der Waals surface area contributed by atoms with Crippen molar-refractivity contribution in [3.05, 3.63) is 53.3 Å². The molecule has 3 rings (SSSR count). The average molecular weight is 497 g/mol. The van der Waals surface area contributed by atoms with Gasteiger partial charge in [0.15, 0.2) is 5.96 Å². The lowest BCUT2D eigenvalue weighted by molar-refractivity contribution is 0.0672. The van der Waals surface area contributed by atoms with Crippen LogP contribution in [0.4, 0.5) is 0 Å². The number of hydrogen-bond donors (Lipinski definition) is 3. The predicted octanol–water partition coefficient (Wildman–Crippen LogP) is 2.92. The molecule has 1 aliphatic carbocycles. The number of rotatable bonds is 6. The van der Waals surface area contributed by atoms with Gasteiger partial charge in [-0.15, -0.1) is 24.0 Å². The van der Waals surface area contributed by atoms with Gasteiger partial charge in [0.2, 0.25) is 0 Å². The highest BCUT2D eigenvalue weighted by atomic mass is 127. The molecule has 0 spiro atoms. The van der Waals surface area contributed by atoms with Crippen LogP contribution >= 0.6 is 24.0 Å². The van der Waals surface area contributed by atoms with Gasteiger partial charge >= 0.3 is 0 Å². The van der Waals surface area contributed by atoms with Gasteiger partial charge in [0.1, 0.15) is 5.60 Å². The minimum atomic E-state index is -1.05. The molecule has 2 unspecified atom stereocenters. The minimum absolute atomic E-state index is 0. The second-order valence-corrected chi connectivity index (χ2v) is 7.54. The summed E-state index contributed by atoms with van der Waals surface area (Å²) in [6.07, 6.45) is 7.11. The molecule has 154 valence electrons. The Morgan fingerprint density at radius 2 is 2.14 bits per heavy atom. The van der Waals surface area contributed by atoms with Crippen LogP contribution in [0, 0.1) is 0 Å². The van der Waals surface area contributed by atoms with Gasteiger partial charge in [-0.1, -0.05) is 24.3 Å². The first-order valence-electron chi connectivity index (χ1n) is 9.81. The molecule has 0 bridgehead atoms. The van der Waals surface area contributed by atoms with Crippen LogP contribution in [-0.4, -0.2) is 40.5 Å². The molecule has 1 aromatic carbocycles. The van der Waals surface area contributed by atoms with E-state index in [1.807, 2.05) is 20.2 Å². The normalized spacial score (nSPS) is 18.6. The Morgan fingerprint density at radius 3 is 2.86 bits per heavy atom. The number of fused-ring (bicyclic) bond motifs is 1. The topological polar surface area (TPSA) is 74.5 Å². The zero-order chi connectivity index (χ0) is 19.3. The van der Waals surface area contributed by atoms with Crippen molar-refractivity contribution < 1.29 is 5.11 Å². The van der Waals surface area contributed by atoms with Crippen LogP contribution in [0.3, 0.4) is 0 Å². The van der Waals surface area contributed by atoms with E-state index in [2.05, 4.69) is 45.0 Å². The Hall–Kier alpha value is -1.61. The number of guanidine groups is 1. The van der Waals surface area contributed by atoms with Crippen molar-refractivity contribution in [3.63, 3.8) is 0 Å². The minimum Gasteiger partial charge on any atom is -0.383 e. The summed E-state index contributed by atoms with van der Waals surface area (Å²) >= 11 is 0. The van der Waals surface area contributed by atoms with Crippen LogP contribution < -0.4 is 10.6 Å². The summed E-state index contributed by atoms with van der Waals surface area (Å²) in [5, 5.41) is 21.6. The smallest absolute Gasteiger partial charge is 0.191 e. The highest BCUT2D eigenvalue weighted by molar-refractivity contribution is 14.0. The molecular formula is C21H32IN5O. The first-order chi connectivity index (χ1) is 13.0. The van der Waals surface area contributed by atoms with E-state index in [1.165, 1.54) is 30.4 Å². The zero-order valence-corrected chi connectivity index (χ0v) is 19.3. The van der Waals surface area contributed by atoms with E-state index < -0.39 is 5.60 Å². The fraction of sp³-hybridized carbons (Fsp3) is 0.524. The van der Waals surface area contributed by atoms with Crippen molar-refractivity contribution in [1.29, 1.82) is 0 Å². The standard InChI is InChI=1S/C21H31N5O.HI/c1-4-22-20(24-15-21(2,27)18-13-25-26(3)14-18)23-12-17-10-7-9-16-8-5-6-11-19(16)17;/h5-6,8,11,13-14,17,27H,4,7,9-10,12,15H2,1-3H3,(H2,22,23,24);1H. The van der Waals surface area contributed by atoms with Crippen molar-refractivity contribution in [3.8, 4) is 0 Å². The Morgan fingerprint density at radius 1 is 1.36 bits per heavy atom. The third kappa shape index (κ3) is 5.70. The van der Waals surface area contributed by atoms with Crippen molar-refractivity contribution in [2.75, 3.05) is 19.6 Å². The molecule has 0 saturated carbocycles. The molecule has 0 radical (unpaired) electrons. The summed E-state index contributed by atoms with van der Waals surface area (Å²) < 4.78 is 1.69. The molecule has 7 heteroatoms. The second kappa shape index (κ2) is 10.2. The van der Waals surface area contributed by atoms with E-state index in [9.17, 15) is 5.11 Å². The monoisotopic (exact) mass is 497 g/mol. The van der Waals surface area contributed by atoms with E-state index in [4.69, 9.17) is 0 Å². The molecule has 3 N–H and O–H groups in total. The summed E-state index contributed by atoms with van der Waals surface area (Å²) in [6.45, 7) is 5.72. The Labute approximate surface area is 184 Å². The number of aryl methyl sites for hydroxylation is 2. The SMILES string of the molecule is CCNC(=NCC(C)(O)c1cnn(C)c1)NCC1CCCc2ccccc21.I. The highest BCUT2D eigenvalue weighted by Crippen LogP contribution is 2.30. The lowest BCUT2D eigenvalue weighted by atomic mass is 9.83. The number of aliphatic imine (C=N–C) groups is 1. The number of hydrogen-bond acceptors (Lipinski definition) is 3. The van der Waals surface area contributed by atoms with E-state index in [0.29, 0.717) is 5.92 Å². The molecule has 6 nitrogen and oxygen atoms in total. The molecule has 28 heavy (non-hydrogen) atoms. The van der Waals surface area contributed by atoms with Gasteiger partial charge in [0, 0.05) is 37.8 Å². The van der Waals surface area contributed by atoms with Gasteiger partial charge < -0.3 is 15.7 Å². The molecule has 1 aromatic heterocycles. The summed E-state index contributed by atoms with van der Waals surface area (Å²) in [4.78, 5) is 4.62. The molecule has 0 saturated heterocycles. The molecular weight excluding hydrogens is 465 g/mol. The summed E-state index contributed by atoms with van der Waals surface area (Å²) in [6, 6.07) is 8.74. The maximum atomic E-state index is 10.7.